The van der Waals surface area contributed by atoms with Gasteiger partial charge in [-0.3, -0.25) is 13.9 Å². The molecule has 0 aliphatic carbocycles. The van der Waals surface area contributed by atoms with Gasteiger partial charge in [0, 0.05) is 26.1 Å². The van der Waals surface area contributed by atoms with E-state index in [0.29, 0.717) is 31.6 Å². The fourth-order valence-corrected chi connectivity index (χ4v) is 4.81. The molecule has 7 nitrogen and oxygen atoms in total. The lowest BCUT2D eigenvalue weighted by Gasteiger charge is -2.29. The van der Waals surface area contributed by atoms with Gasteiger partial charge >= 0.3 is 0 Å². The molecule has 2 aromatic rings. The SMILES string of the molecule is CCCNC(=O)C(C)N(CCc1ccccc1)C(=O)CCCN(c1ccc(C)c(C)c1)S(C)(=O)=O. The van der Waals surface area contributed by atoms with E-state index in [9.17, 15) is 18.0 Å². The summed E-state index contributed by atoms with van der Waals surface area (Å²) in [7, 11) is -3.51. The molecule has 0 aliphatic heterocycles. The number of carbonyl (C=O) groups is 2. The molecular formula is C27H39N3O4S. The van der Waals surface area contributed by atoms with Crippen molar-refractivity contribution >= 4 is 27.5 Å². The van der Waals surface area contributed by atoms with Gasteiger partial charge in [0.2, 0.25) is 21.8 Å². The molecule has 1 N–H and O–H groups in total. The van der Waals surface area contributed by atoms with Crippen molar-refractivity contribution in [2.75, 3.05) is 30.2 Å². The predicted octanol–water partition coefficient (Wildman–Crippen LogP) is 3.84. The summed E-state index contributed by atoms with van der Waals surface area (Å²) < 4.78 is 26.3. The molecule has 0 saturated carbocycles. The van der Waals surface area contributed by atoms with Gasteiger partial charge in [-0.05, 0) is 68.9 Å². The summed E-state index contributed by atoms with van der Waals surface area (Å²) in [6, 6.07) is 14.8. The maximum absolute atomic E-state index is 13.2. The number of nitrogens with one attached hydrogen (secondary N) is 1. The average molecular weight is 502 g/mol. The van der Waals surface area contributed by atoms with Crippen LogP contribution in [0.15, 0.2) is 48.5 Å². The Morgan fingerprint density at radius 1 is 1.00 bits per heavy atom. The van der Waals surface area contributed by atoms with Crippen molar-refractivity contribution in [2.45, 2.75) is 59.4 Å². The van der Waals surface area contributed by atoms with Gasteiger partial charge in [0.1, 0.15) is 6.04 Å². The highest BCUT2D eigenvalue weighted by atomic mass is 32.2. The lowest BCUT2D eigenvalue weighted by molar-refractivity contribution is -0.139. The van der Waals surface area contributed by atoms with Crippen LogP contribution in [0.25, 0.3) is 0 Å². The molecule has 0 bridgehead atoms. The Balaban J connectivity index is 2.11. The summed E-state index contributed by atoms with van der Waals surface area (Å²) >= 11 is 0. The fraction of sp³-hybridized carbons (Fsp3) is 0.481. The molecule has 2 aromatic carbocycles. The molecule has 1 unspecified atom stereocenters. The largest absolute Gasteiger partial charge is 0.354 e. The minimum atomic E-state index is -3.51. The predicted molar refractivity (Wildman–Crippen MR) is 142 cm³/mol. The van der Waals surface area contributed by atoms with E-state index >= 15 is 0 Å². The molecule has 0 radical (unpaired) electrons. The van der Waals surface area contributed by atoms with Gasteiger partial charge in [-0.15, -0.1) is 0 Å². The molecule has 0 aromatic heterocycles. The fourth-order valence-electron chi connectivity index (χ4n) is 3.85. The van der Waals surface area contributed by atoms with E-state index in [4.69, 9.17) is 0 Å². The van der Waals surface area contributed by atoms with E-state index in [0.717, 1.165) is 23.1 Å². The lowest BCUT2D eigenvalue weighted by Crippen LogP contribution is -2.49. The highest BCUT2D eigenvalue weighted by Gasteiger charge is 2.26. The van der Waals surface area contributed by atoms with Crippen LogP contribution in [-0.2, 0) is 26.0 Å². The second kappa shape index (κ2) is 13.3. The highest BCUT2D eigenvalue weighted by molar-refractivity contribution is 7.92. The number of amides is 2. The Morgan fingerprint density at radius 2 is 1.69 bits per heavy atom. The maximum Gasteiger partial charge on any atom is 0.242 e. The zero-order valence-electron chi connectivity index (χ0n) is 21.6. The van der Waals surface area contributed by atoms with Gasteiger partial charge in [0.15, 0.2) is 0 Å². The molecule has 2 amide bonds. The number of sulfonamides is 1. The smallest absolute Gasteiger partial charge is 0.242 e. The van der Waals surface area contributed by atoms with E-state index in [-0.39, 0.29) is 24.8 Å². The molecule has 2 rings (SSSR count). The zero-order chi connectivity index (χ0) is 26.0. The average Bonchev–Trinajstić information content (AvgIpc) is 2.82. The van der Waals surface area contributed by atoms with Crippen LogP contribution in [0.2, 0.25) is 0 Å². The van der Waals surface area contributed by atoms with Crippen molar-refractivity contribution < 1.29 is 18.0 Å². The van der Waals surface area contributed by atoms with Crippen LogP contribution in [0.3, 0.4) is 0 Å². The standard InChI is InChI=1S/C27H39N3O4S/c1-6-17-28-27(32)23(4)29(19-16-24-11-8-7-9-12-24)26(31)13-10-18-30(35(5,33)34)25-15-14-21(2)22(3)20-25/h7-9,11-12,14-15,20,23H,6,10,13,16-19H2,1-5H3,(H,28,32). The molecule has 0 saturated heterocycles. The van der Waals surface area contributed by atoms with E-state index in [1.54, 1.807) is 17.9 Å². The van der Waals surface area contributed by atoms with Gasteiger partial charge in [0.05, 0.1) is 11.9 Å². The van der Waals surface area contributed by atoms with E-state index in [2.05, 4.69) is 5.32 Å². The second-order valence-electron chi connectivity index (χ2n) is 9.00. The summed E-state index contributed by atoms with van der Waals surface area (Å²) in [5, 5.41) is 2.87. The monoisotopic (exact) mass is 501 g/mol. The second-order valence-corrected chi connectivity index (χ2v) is 10.9. The van der Waals surface area contributed by atoms with Crippen molar-refractivity contribution in [3.8, 4) is 0 Å². The first kappa shape index (κ1) is 28.4. The molecule has 0 fully saturated rings. The summed E-state index contributed by atoms with van der Waals surface area (Å²) in [5.74, 6) is -0.338. The molecular weight excluding hydrogens is 462 g/mol. The van der Waals surface area contributed by atoms with Crippen molar-refractivity contribution in [3.63, 3.8) is 0 Å². The zero-order valence-corrected chi connectivity index (χ0v) is 22.4. The summed E-state index contributed by atoms with van der Waals surface area (Å²) in [4.78, 5) is 27.5. The van der Waals surface area contributed by atoms with Crippen LogP contribution in [0.1, 0.15) is 49.8 Å². The third-order valence-electron chi connectivity index (χ3n) is 6.13. The minimum absolute atomic E-state index is 0.150. The molecule has 0 heterocycles. The number of carbonyl (C=O) groups excluding carboxylic acids is 2. The van der Waals surface area contributed by atoms with Crippen LogP contribution in [0.4, 0.5) is 5.69 Å². The topological polar surface area (TPSA) is 86.8 Å². The van der Waals surface area contributed by atoms with Gasteiger partial charge in [-0.1, -0.05) is 43.3 Å². The number of hydrogen-bond donors (Lipinski definition) is 1. The lowest BCUT2D eigenvalue weighted by atomic mass is 10.1. The quantitative estimate of drug-likeness (QED) is 0.452. The number of nitrogens with zero attached hydrogens (tertiary/aromatic N) is 2. The van der Waals surface area contributed by atoms with Gasteiger partial charge < -0.3 is 10.2 Å². The summed E-state index contributed by atoms with van der Waals surface area (Å²) in [6.45, 7) is 8.80. The molecule has 0 spiro atoms. The van der Waals surface area contributed by atoms with Crippen molar-refractivity contribution in [3.05, 3.63) is 65.2 Å². The van der Waals surface area contributed by atoms with Gasteiger partial charge in [0.25, 0.3) is 0 Å². The Morgan fingerprint density at radius 3 is 2.29 bits per heavy atom. The van der Waals surface area contributed by atoms with Crippen LogP contribution in [0.5, 0.6) is 0 Å². The van der Waals surface area contributed by atoms with Crippen LogP contribution in [0, 0.1) is 13.8 Å². The third kappa shape index (κ3) is 8.69. The van der Waals surface area contributed by atoms with Crippen LogP contribution >= 0.6 is 0 Å². The summed E-state index contributed by atoms with van der Waals surface area (Å²) in [5.41, 5.74) is 3.77. The van der Waals surface area contributed by atoms with Crippen molar-refractivity contribution in [1.82, 2.24) is 10.2 Å². The number of anilines is 1. The van der Waals surface area contributed by atoms with Crippen molar-refractivity contribution in [1.29, 1.82) is 0 Å². The third-order valence-corrected chi connectivity index (χ3v) is 7.33. The highest BCUT2D eigenvalue weighted by Crippen LogP contribution is 2.22. The first-order valence-corrected chi connectivity index (χ1v) is 14.1. The van der Waals surface area contributed by atoms with E-state index in [1.807, 2.05) is 63.2 Å². The molecule has 8 heteroatoms. The molecule has 192 valence electrons. The number of benzene rings is 2. The molecule has 35 heavy (non-hydrogen) atoms. The Hall–Kier alpha value is -2.87. The maximum atomic E-state index is 13.2. The van der Waals surface area contributed by atoms with Gasteiger partial charge in [-0.2, -0.15) is 0 Å². The van der Waals surface area contributed by atoms with E-state index in [1.165, 1.54) is 10.6 Å². The minimum Gasteiger partial charge on any atom is -0.354 e. The normalized spacial score (nSPS) is 12.1. The molecule has 1 atom stereocenters. The summed E-state index contributed by atoms with van der Waals surface area (Å²) in [6.07, 6.45) is 3.13. The van der Waals surface area contributed by atoms with Crippen molar-refractivity contribution in [2.24, 2.45) is 0 Å². The Bertz CT molecular complexity index is 1090. The van der Waals surface area contributed by atoms with Crippen LogP contribution in [-0.4, -0.2) is 57.1 Å². The Labute approximate surface area is 210 Å². The number of rotatable bonds is 13. The number of hydrogen-bond acceptors (Lipinski definition) is 4. The Kier molecular flexibility index (Phi) is 10.8. The first-order valence-electron chi connectivity index (χ1n) is 12.2. The van der Waals surface area contributed by atoms with Gasteiger partial charge in [-0.25, -0.2) is 8.42 Å². The molecule has 0 aliphatic rings. The number of aryl methyl sites for hydroxylation is 2. The van der Waals surface area contributed by atoms with E-state index < -0.39 is 16.1 Å². The van der Waals surface area contributed by atoms with Crippen LogP contribution < -0.4 is 9.62 Å². The first-order chi connectivity index (χ1) is 16.5.